The number of anilines is 1. The smallest absolute Gasteiger partial charge is 0.321 e. The maximum absolute atomic E-state index is 14.0. The summed E-state index contributed by atoms with van der Waals surface area (Å²) in [6.07, 6.45) is 1.61. The molecular formula is C24H32F2N6O3. The van der Waals surface area contributed by atoms with Crippen LogP contribution in [-0.4, -0.2) is 80.3 Å². The van der Waals surface area contributed by atoms with Gasteiger partial charge in [0.2, 0.25) is 0 Å². The fraction of sp³-hybridized carbons (Fsp3) is 0.542. The van der Waals surface area contributed by atoms with Gasteiger partial charge < -0.3 is 20.2 Å². The average molecular weight is 491 g/mol. The van der Waals surface area contributed by atoms with Gasteiger partial charge in [0.1, 0.15) is 11.6 Å². The molecule has 0 radical (unpaired) electrons. The van der Waals surface area contributed by atoms with E-state index in [4.69, 9.17) is 0 Å². The number of aliphatic hydroxyl groups is 1. The maximum Gasteiger partial charge on any atom is 0.321 e. The second-order valence-electron chi connectivity index (χ2n) is 9.29. The monoisotopic (exact) mass is 490 g/mol. The minimum atomic E-state index is -0.964. The van der Waals surface area contributed by atoms with Crippen molar-refractivity contribution in [2.45, 2.75) is 58.3 Å². The van der Waals surface area contributed by atoms with Gasteiger partial charge in [-0.2, -0.15) is 5.10 Å². The Hall–Kier alpha value is -3.05. The molecule has 1 aromatic heterocycles. The molecule has 1 aromatic carbocycles. The first-order chi connectivity index (χ1) is 16.7. The van der Waals surface area contributed by atoms with E-state index in [1.807, 2.05) is 18.7 Å². The van der Waals surface area contributed by atoms with Crippen molar-refractivity contribution in [1.29, 1.82) is 0 Å². The van der Waals surface area contributed by atoms with E-state index >= 15 is 0 Å². The van der Waals surface area contributed by atoms with Gasteiger partial charge in [-0.25, -0.2) is 13.6 Å². The summed E-state index contributed by atoms with van der Waals surface area (Å²) in [6.45, 7) is 8.52. The summed E-state index contributed by atoms with van der Waals surface area (Å²) in [4.78, 5) is 32.1. The molecule has 0 aliphatic carbocycles. The number of nitrogens with one attached hydrogen (secondary N) is 2. The highest BCUT2D eigenvalue weighted by molar-refractivity contribution is 6.04. The molecule has 190 valence electrons. The van der Waals surface area contributed by atoms with Crippen molar-refractivity contribution >= 4 is 17.8 Å². The van der Waals surface area contributed by atoms with Gasteiger partial charge in [0.25, 0.3) is 5.91 Å². The van der Waals surface area contributed by atoms with Crippen LogP contribution in [0.3, 0.4) is 0 Å². The molecule has 4 rings (SSSR count). The number of urea groups is 1. The zero-order valence-electron chi connectivity index (χ0n) is 20.2. The number of hydrogen-bond acceptors (Lipinski definition) is 5. The van der Waals surface area contributed by atoms with Crippen LogP contribution < -0.4 is 5.32 Å². The summed E-state index contributed by atoms with van der Waals surface area (Å²) in [5, 5.41) is 19.2. The molecule has 3 amide bonds. The number of piperazine rings is 1. The molecule has 9 nitrogen and oxygen atoms in total. The second kappa shape index (κ2) is 10.3. The number of aromatic nitrogens is 2. The molecule has 3 heterocycles. The number of carbonyl (C=O) groups excluding carboxylic acids is 2. The van der Waals surface area contributed by atoms with Crippen LogP contribution in [-0.2, 0) is 6.54 Å². The van der Waals surface area contributed by atoms with Crippen molar-refractivity contribution in [1.82, 2.24) is 24.9 Å². The van der Waals surface area contributed by atoms with E-state index in [0.29, 0.717) is 30.3 Å². The van der Waals surface area contributed by atoms with E-state index in [1.54, 1.807) is 4.90 Å². The summed E-state index contributed by atoms with van der Waals surface area (Å²) in [7, 11) is 0. The molecule has 0 bridgehead atoms. The van der Waals surface area contributed by atoms with Crippen LogP contribution in [0.4, 0.5) is 19.4 Å². The lowest BCUT2D eigenvalue weighted by molar-refractivity contribution is 0.0298. The summed E-state index contributed by atoms with van der Waals surface area (Å²) in [6, 6.07) is 2.43. The van der Waals surface area contributed by atoms with Gasteiger partial charge >= 0.3 is 6.03 Å². The van der Waals surface area contributed by atoms with Crippen molar-refractivity contribution < 1.29 is 23.5 Å². The Balaban J connectivity index is 1.48. The van der Waals surface area contributed by atoms with Crippen LogP contribution in [0.5, 0.6) is 0 Å². The quantitative estimate of drug-likeness (QED) is 0.577. The van der Waals surface area contributed by atoms with Crippen LogP contribution in [0.15, 0.2) is 18.2 Å². The van der Waals surface area contributed by atoms with E-state index in [9.17, 15) is 23.5 Å². The predicted molar refractivity (Wildman–Crippen MR) is 126 cm³/mol. The molecular weight excluding hydrogens is 458 g/mol. The topological polar surface area (TPSA) is 105 Å². The van der Waals surface area contributed by atoms with Gasteiger partial charge in [0, 0.05) is 43.4 Å². The Bertz CT molecular complexity index is 1090. The van der Waals surface area contributed by atoms with Gasteiger partial charge in [-0.05, 0) is 45.4 Å². The number of aromatic amines is 1. The highest BCUT2D eigenvalue weighted by Crippen LogP contribution is 2.37. The van der Waals surface area contributed by atoms with E-state index in [1.165, 1.54) is 0 Å². The summed E-state index contributed by atoms with van der Waals surface area (Å²) < 4.78 is 27.2. The average Bonchev–Trinajstić information content (AvgIpc) is 3.35. The minimum Gasteiger partial charge on any atom is -0.396 e. The van der Waals surface area contributed by atoms with Crippen molar-refractivity contribution in [3.05, 3.63) is 46.7 Å². The normalized spacial score (nSPS) is 22.4. The maximum atomic E-state index is 14.0. The van der Waals surface area contributed by atoms with E-state index < -0.39 is 17.5 Å². The SMILES string of the molecule is CCCN1C[C@H](C)N(C(=O)N2Cc3c(NC(=O)c4ccc(F)cc4F)n[nH]c3C2C)C[C@H]1CCO. The molecule has 1 unspecified atom stereocenters. The minimum absolute atomic E-state index is 0.00823. The third kappa shape index (κ3) is 4.87. The number of halogens is 2. The molecule has 0 spiro atoms. The number of hydrogen-bond donors (Lipinski definition) is 3. The number of fused-ring (bicyclic) bond motifs is 1. The highest BCUT2D eigenvalue weighted by atomic mass is 19.1. The van der Waals surface area contributed by atoms with Crippen molar-refractivity contribution in [2.24, 2.45) is 0 Å². The lowest BCUT2D eigenvalue weighted by Crippen LogP contribution is -2.61. The number of nitrogens with zero attached hydrogens (tertiary/aromatic N) is 4. The summed E-state index contributed by atoms with van der Waals surface area (Å²) >= 11 is 0. The second-order valence-corrected chi connectivity index (χ2v) is 9.29. The Morgan fingerprint density at radius 1 is 1.23 bits per heavy atom. The highest BCUT2D eigenvalue weighted by Gasteiger charge is 2.41. The first kappa shape index (κ1) is 25.1. The zero-order chi connectivity index (χ0) is 25.3. The van der Waals surface area contributed by atoms with Crippen LogP contribution in [0.25, 0.3) is 0 Å². The Morgan fingerprint density at radius 3 is 2.69 bits per heavy atom. The van der Waals surface area contributed by atoms with Crippen molar-refractivity contribution in [3.63, 3.8) is 0 Å². The van der Waals surface area contributed by atoms with Crippen molar-refractivity contribution in [2.75, 3.05) is 31.6 Å². The van der Waals surface area contributed by atoms with Crippen LogP contribution in [0.1, 0.15) is 61.3 Å². The number of benzene rings is 1. The van der Waals surface area contributed by atoms with Gasteiger partial charge in [0.15, 0.2) is 5.82 Å². The van der Waals surface area contributed by atoms with Gasteiger partial charge in [-0.15, -0.1) is 0 Å². The largest absolute Gasteiger partial charge is 0.396 e. The van der Waals surface area contributed by atoms with Crippen LogP contribution >= 0.6 is 0 Å². The molecule has 3 N–H and O–H groups in total. The molecule has 3 atom stereocenters. The fourth-order valence-corrected chi connectivity index (χ4v) is 5.06. The van der Waals surface area contributed by atoms with Crippen LogP contribution in [0.2, 0.25) is 0 Å². The molecule has 2 aliphatic heterocycles. The summed E-state index contributed by atoms with van der Waals surface area (Å²) in [5.41, 5.74) is 1.07. The first-order valence-corrected chi connectivity index (χ1v) is 12.0. The number of carbonyl (C=O) groups is 2. The molecule has 35 heavy (non-hydrogen) atoms. The number of rotatable bonds is 6. The fourth-order valence-electron chi connectivity index (χ4n) is 5.06. The van der Waals surface area contributed by atoms with E-state index in [-0.39, 0.29) is 48.7 Å². The Labute approximate surface area is 203 Å². The van der Waals surface area contributed by atoms with E-state index in [0.717, 1.165) is 31.6 Å². The Kier molecular flexibility index (Phi) is 7.36. The third-order valence-corrected chi connectivity index (χ3v) is 6.94. The lowest BCUT2D eigenvalue weighted by atomic mass is 10.0. The molecule has 1 fully saturated rings. The predicted octanol–water partition coefficient (Wildman–Crippen LogP) is 3.10. The molecule has 0 saturated carbocycles. The number of aliphatic hydroxyl groups excluding tert-OH is 1. The van der Waals surface area contributed by atoms with E-state index in [2.05, 4.69) is 27.3 Å². The molecule has 1 saturated heterocycles. The molecule has 11 heteroatoms. The lowest BCUT2D eigenvalue weighted by Gasteiger charge is -2.46. The van der Waals surface area contributed by atoms with Gasteiger partial charge in [-0.1, -0.05) is 6.92 Å². The molecule has 2 aliphatic rings. The molecule has 2 aromatic rings. The zero-order valence-corrected chi connectivity index (χ0v) is 20.2. The third-order valence-electron chi connectivity index (χ3n) is 6.94. The standard InChI is InChI=1S/C24H32F2N6O3/c1-4-8-30-11-14(2)31(12-17(30)7-9-33)24(35)32-13-19-21(15(32)3)28-29-22(19)27-23(34)18-6-5-16(25)10-20(18)26/h5-6,10,14-15,17,33H,4,7-9,11-13H2,1-3H3,(H2,27,28,29,34)/t14-,15?,17+/m0/s1. The first-order valence-electron chi connectivity index (χ1n) is 12.0. The number of amides is 3. The van der Waals surface area contributed by atoms with Crippen LogP contribution in [0, 0.1) is 11.6 Å². The van der Waals surface area contributed by atoms with Gasteiger partial charge in [-0.3, -0.25) is 14.8 Å². The van der Waals surface area contributed by atoms with Crippen molar-refractivity contribution in [3.8, 4) is 0 Å². The number of H-pyrrole nitrogens is 1. The summed E-state index contributed by atoms with van der Waals surface area (Å²) in [5.74, 6) is -2.27. The Morgan fingerprint density at radius 2 is 2.00 bits per heavy atom. The van der Waals surface area contributed by atoms with Gasteiger partial charge in [0.05, 0.1) is 23.8 Å².